The number of aliphatic imine (C=N–C) groups is 2. The smallest absolute Gasteiger partial charge is 0.288 e. The normalized spacial score (nSPS) is 12.8. The van der Waals surface area contributed by atoms with E-state index in [1.807, 2.05) is 13.8 Å². The second-order valence-corrected chi connectivity index (χ2v) is 3.96. The molecule has 0 fully saturated rings. The van der Waals surface area contributed by atoms with Crippen LogP contribution in [0.4, 0.5) is 5.95 Å². The van der Waals surface area contributed by atoms with Gasteiger partial charge in [-0.05, 0) is 6.07 Å². The van der Waals surface area contributed by atoms with Crippen molar-refractivity contribution in [3.8, 4) is 0 Å². The Morgan fingerprint density at radius 2 is 2.00 bits per heavy atom. The molecule has 19 heavy (non-hydrogen) atoms. The molecule has 7 nitrogen and oxygen atoms in total. The van der Waals surface area contributed by atoms with E-state index in [9.17, 15) is 0 Å². The molecular weight excluding hydrogens is 246 g/mol. The number of rotatable bonds is 5. The lowest BCUT2D eigenvalue weighted by atomic mass is 10.2. The highest BCUT2D eigenvalue weighted by molar-refractivity contribution is 5.95. The molecule has 0 aliphatic heterocycles. The van der Waals surface area contributed by atoms with Gasteiger partial charge in [-0.3, -0.25) is 0 Å². The van der Waals surface area contributed by atoms with E-state index >= 15 is 0 Å². The van der Waals surface area contributed by atoms with Gasteiger partial charge in [-0.25, -0.2) is 9.97 Å². The fraction of sp³-hybridized carbons (Fsp3) is 0.500. The molecule has 1 aromatic heterocycles. The fourth-order valence-electron chi connectivity index (χ4n) is 1.11. The molecule has 1 heterocycles. The minimum absolute atomic E-state index is 0.0560. The summed E-state index contributed by atoms with van der Waals surface area (Å²) in [6.45, 7) is 4.70. The third-order valence-corrected chi connectivity index (χ3v) is 2.05. The van der Waals surface area contributed by atoms with Gasteiger partial charge in [-0.1, -0.05) is 13.8 Å². The zero-order valence-corrected chi connectivity index (χ0v) is 11.4. The van der Waals surface area contributed by atoms with Crippen LogP contribution in [0.2, 0.25) is 0 Å². The maximum absolute atomic E-state index is 5.66. The number of nitrogens with two attached hydrogens (primary N) is 1. The molecule has 0 saturated carbocycles. The third kappa shape index (κ3) is 5.91. The maximum Gasteiger partial charge on any atom is 0.288 e. The lowest BCUT2D eigenvalue weighted by molar-refractivity contribution is 0.140. The Hall–Kier alpha value is -2.02. The van der Waals surface area contributed by atoms with Crippen molar-refractivity contribution in [3.63, 3.8) is 0 Å². The van der Waals surface area contributed by atoms with E-state index in [2.05, 4.69) is 20.0 Å². The average Bonchev–Trinajstić information content (AvgIpc) is 2.39. The maximum atomic E-state index is 5.66. The van der Waals surface area contributed by atoms with Crippen LogP contribution >= 0.6 is 0 Å². The molecule has 104 valence electrons. The van der Waals surface area contributed by atoms with E-state index < -0.39 is 0 Å². The molecule has 0 bridgehead atoms. The van der Waals surface area contributed by atoms with Crippen LogP contribution in [-0.4, -0.2) is 42.1 Å². The van der Waals surface area contributed by atoms with Crippen molar-refractivity contribution in [3.05, 3.63) is 18.5 Å². The van der Waals surface area contributed by atoms with Crippen LogP contribution in [0.15, 0.2) is 28.4 Å². The summed E-state index contributed by atoms with van der Waals surface area (Å²) >= 11 is 0. The summed E-state index contributed by atoms with van der Waals surface area (Å²) in [5, 5.41) is 0. The van der Waals surface area contributed by atoms with E-state index in [0.29, 0.717) is 25.0 Å². The minimum atomic E-state index is 0.0560. The summed E-state index contributed by atoms with van der Waals surface area (Å²) < 4.78 is 10.0. The summed E-state index contributed by atoms with van der Waals surface area (Å²) in [7, 11) is 1.59. The van der Waals surface area contributed by atoms with Crippen molar-refractivity contribution < 1.29 is 9.47 Å². The standard InChI is InChI=1S/C12H19N5O2/c1-9(2)10(16-11(13)19-8-7-18-3)17-12-14-5-4-6-15-12/h4-6,9H,7-8H2,1-3H3,(H2,13,14,15,16,17). The Bertz CT molecular complexity index is 431. The first kappa shape index (κ1) is 15.0. The zero-order valence-electron chi connectivity index (χ0n) is 11.4. The van der Waals surface area contributed by atoms with Gasteiger partial charge in [0.25, 0.3) is 12.0 Å². The van der Waals surface area contributed by atoms with Gasteiger partial charge in [-0.2, -0.15) is 9.98 Å². The van der Waals surface area contributed by atoms with Crippen LogP contribution in [0.25, 0.3) is 0 Å². The minimum Gasteiger partial charge on any atom is -0.463 e. The molecular formula is C12H19N5O2. The largest absolute Gasteiger partial charge is 0.463 e. The average molecular weight is 265 g/mol. The molecule has 0 radical (unpaired) electrons. The van der Waals surface area contributed by atoms with Crippen LogP contribution in [0.3, 0.4) is 0 Å². The molecule has 0 saturated heterocycles. The number of nitrogens with zero attached hydrogens (tertiary/aromatic N) is 4. The SMILES string of the molecule is COCCOC(N)=N/C(=N/c1ncccn1)C(C)C. The molecule has 0 atom stereocenters. The van der Waals surface area contributed by atoms with Crippen molar-refractivity contribution in [2.75, 3.05) is 20.3 Å². The number of aromatic nitrogens is 2. The highest BCUT2D eigenvalue weighted by Crippen LogP contribution is 2.07. The van der Waals surface area contributed by atoms with Gasteiger partial charge in [0.1, 0.15) is 12.4 Å². The Balaban J connectivity index is 2.78. The van der Waals surface area contributed by atoms with Crippen LogP contribution in [0.1, 0.15) is 13.8 Å². The van der Waals surface area contributed by atoms with Gasteiger partial charge in [0, 0.05) is 25.4 Å². The number of hydrogen-bond acceptors (Lipinski definition) is 5. The Morgan fingerprint density at radius 3 is 2.58 bits per heavy atom. The van der Waals surface area contributed by atoms with E-state index in [1.54, 1.807) is 25.6 Å². The van der Waals surface area contributed by atoms with Crippen molar-refractivity contribution >= 4 is 17.8 Å². The third-order valence-electron chi connectivity index (χ3n) is 2.05. The van der Waals surface area contributed by atoms with E-state index in [1.165, 1.54) is 0 Å². The topological polar surface area (TPSA) is 95.0 Å². The fourth-order valence-corrected chi connectivity index (χ4v) is 1.11. The van der Waals surface area contributed by atoms with Gasteiger partial charge in [0.2, 0.25) is 0 Å². The second-order valence-electron chi connectivity index (χ2n) is 3.96. The first-order valence-electron chi connectivity index (χ1n) is 5.95. The summed E-state index contributed by atoms with van der Waals surface area (Å²) in [5.41, 5.74) is 5.66. The first-order valence-corrected chi connectivity index (χ1v) is 5.95. The molecule has 0 spiro atoms. The molecule has 7 heteroatoms. The summed E-state index contributed by atoms with van der Waals surface area (Å²) in [5.74, 6) is 0.939. The van der Waals surface area contributed by atoms with Gasteiger partial charge in [0.15, 0.2) is 0 Å². The van der Waals surface area contributed by atoms with E-state index in [0.717, 1.165) is 0 Å². The van der Waals surface area contributed by atoms with Crippen LogP contribution in [0.5, 0.6) is 0 Å². The van der Waals surface area contributed by atoms with E-state index in [-0.39, 0.29) is 11.9 Å². The van der Waals surface area contributed by atoms with Crippen molar-refractivity contribution in [2.24, 2.45) is 21.6 Å². The van der Waals surface area contributed by atoms with E-state index in [4.69, 9.17) is 15.2 Å². The number of amidine groups is 2. The predicted octanol–water partition coefficient (Wildman–Crippen LogP) is 1.14. The van der Waals surface area contributed by atoms with Crippen molar-refractivity contribution in [1.29, 1.82) is 0 Å². The summed E-state index contributed by atoms with van der Waals surface area (Å²) in [4.78, 5) is 16.4. The Morgan fingerprint density at radius 1 is 1.32 bits per heavy atom. The van der Waals surface area contributed by atoms with Gasteiger partial charge in [0.05, 0.1) is 6.61 Å². The van der Waals surface area contributed by atoms with Crippen molar-refractivity contribution in [1.82, 2.24) is 9.97 Å². The molecule has 1 aromatic rings. The van der Waals surface area contributed by atoms with Crippen LogP contribution < -0.4 is 5.73 Å². The van der Waals surface area contributed by atoms with Crippen molar-refractivity contribution in [2.45, 2.75) is 13.8 Å². The predicted molar refractivity (Wildman–Crippen MR) is 73.4 cm³/mol. The quantitative estimate of drug-likeness (QED) is 0.489. The zero-order chi connectivity index (χ0) is 14.1. The first-order chi connectivity index (χ1) is 9.13. The molecule has 0 unspecified atom stereocenters. The molecule has 0 amide bonds. The molecule has 0 aliphatic carbocycles. The van der Waals surface area contributed by atoms with Crippen LogP contribution in [0, 0.1) is 5.92 Å². The highest BCUT2D eigenvalue weighted by atomic mass is 16.5. The Kier molecular flexibility index (Phi) is 6.45. The number of ether oxygens (including phenoxy) is 2. The molecule has 0 aliphatic rings. The second kappa shape index (κ2) is 8.15. The Labute approximate surface area is 112 Å². The molecule has 1 rings (SSSR count). The number of methoxy groups -OCH3 is 1. The molecule has 0 aromatic carbocycles. The van der Waals surface area contributed by atoms with Gasteiger partial charge in [-0.15, -0.1) is 0 Å². The van der Waals surface area contributed by atoms with Gasteiger partial charge >= 0.3 is 0 Å². The monoisotopic (exact) mass is 265 g/mol. The lowest BCUT2D eigenvalue weighted by Crippen LogP contribution is -2.21. The molecule has 2 N–H and O–H groups in total. The highest BCUT2D eigenvalue weighted by Gasteiger charge is 2.07. The summed E-state index contributed by atoms with van der Waals surface area (Å²) in [6.07, 6.45) is 3.23. The lowest BCUT2D eigenvalue weighted by Gasteiger charge is -2.07. The van der Waals surface area contributed by atoms with Crippen LogP contribution in [-0.2, 0) is 9.47 Å². The summed E-state index contributed by atoms with van der Waals surface area (Å²) in [6, 6.07) is 1.78. The number of hydrogen-bond donors (Lipinski definition) is 1. The van der Waals surface area contributed by atoms with Gasteiger partial charge < -0.3 is 15.2 Å².